The van der Waals surface area contributed by atoms with Crippen LogP contribution in [-0.4, -0.2) is 21.1 Å². The molecule has 30 heavy (non-hydrogen) atoms. The summed E-state index contributed by atoms with van der Waals surface area (Å²) in [4.78, 5) is 0. The lowest BCUT2D eigenvalue weighted by atomic mass is 9.68. The van der Waals surface area contributed by atoms with E-state index in [2.05, 4.69) is 21.4 Å². The largest absolute Gasteiger partial charge is 0.411 e. The molecule has 2 N–H and O–H groups in total. The Morgan fingerprint density at radius 2 is 1.60 bits per heavy atom. The van der Waals surface area contributed by atoms with Crippen LogP contribution in [0.2, 0.25) is 0 Å². The highest BCUT2D eigenvalue weighted by molar-refractivity contribution is 6.03. The Balaban J connectivity index is 1.61. The van der Waals surface area contributed by atoms with Crippen molar-refractivity contribution in [3.8, 4) is 0 Å². The quantitative estimate of drug-likeness (QED) is 0.355. The molecular formula is C24H21F2N3O. The van der Waals surface area contributed by atoms with Crippen LogP contribution in [-0.2, 0) is 11.8 Å². The molecule has 0 unspecified atom stereocenters. The lowest BCUT2D eigenvalue weighted by molar-refractivity contribution is 0.305. The van der Waals surface area contributed by atoms with Crippen molar-refractivity contribution < 1.29 is 14.0 Å². The number of H-pyrrole nitrogens is 1. The minimum Gasteiger partial charge on any atom is -0.411 e. The van der Waals surface area contributed by atoms with Crippen LogP contribution >= 0.6 is 0 Å². The van der Waals surface area contributed by atoms with Crippen LogP contribution in [0.25, 0.3) is 6.08 Å². The van der Waals surface area contributed by atoms with Gasteiger partial charge in [0.1, 0.15) is 23.0 Å². The number of nitrogens with one attached hydrogen (secondary N) is 1. The van der Waals surface area contributed by atoms with Crippen molar-refractivity contribution in [2.24, 2.45) is 11.1 Å². The number of aromatic amines is 1. The van der Waals surface area contributed by atoms with Crippen LogP contribution in [0.3, 0.4) is 0 Å². The van der Waals surface area contributed by atoms with E-state index in [4.69, 9.17) is 0 Å². The summed E-state index contributed by atoms with van der Waals surface area (Å²) in [5.41, 5.74) is 4.34. The molecule has 1 aromatic heterocycles. The van der Waals surface area contributed by atoms with Gasteiger partial charge in [0.15, 0.2) is 0 Å². The van der Waals surface area contributed by atoms with Gasteiger partial charge in [-0.3, -0.25) is 5.10 Å². The normalized spacial score (nSPS) is 18.1. The van der Waals surface area contributed by atoms with Crippen LogP contribution in [0.1, 0.15) is 47.3 Å². The number of halogens is 2. The molecular weight excluding hydrogens is 384 g/mol. The summed E-state index contributed by atoms with van der Waals surface area (Å²) in [5.74, 6) is -0.375. The first-order valence-electron chi connectivity index (χ1n) is 10.1. The minimum atomic E-state index is -0.592. The van der Waals surface area contributed by atoms with Gasteiger partial charge in [-0.2, -0.15) is 5.10 Å². The Labute approximate surface area is 173 Å². The van der Waals surface area contributed by atoms with Crippen LogP contribution in [0, 0.1) is 17.6 Å². The molecule has 0 amide bonds. The lowest BCUT2D eigenvalue weighted by Gasteiger charge is -2.34. The molecule has 0 atom stereocenters. The van der Waals surface area contributed by atoms with Crippen molar-refractivity contribution in [1.82, 2.24) is 10.2 Å². The zero-order valence-electron chi connectivity index (χ0n) is 16.3. The zero-order valence-corrected chi connectivity index (χ0v) is 16.3. The van der Waals surface area contributed by atoms with Crippen LogP contribution in [0.15, 0.2) is 59.8 Å². The average molecular weight is 405 g/mol. The Hall–Kier alpha value is -3.28. The molecule has 6 heteroatoms. The van der Waals surface area contributed by atoms with Crippen molar-refractivity contribution in [3.63, 3.8) is 0 Å². The molecule has 152 valence electrons. The standard InChI is InChI=1S/C24H21F2N3O/c25-18-8-4-16(5-9-18)24(17-6-10-19(26)11-7-17)13-12-20-21(14-24)27-28-23(20)22(29-30)15-2-1-3-15/h4-13,15,30H,1-3,14H2,(H,27,28)/b29-22+. The van der Waals surface area contributed by atoms with E-state index < -0.39 is 5.41 Å². The predicted octanol–water partition coefficient (Wildman–Crippen LogP) is 5.22. The second kappa shape index (κ2) is 7.20. The Morgan fingerprint density at radius 1 is 1.00 bits per heavy atom. The number of allylic oxidation sites excluding steroid dienone is 1. The molecule has 0 aliphatic heterocycles. The second-order valence-electron chi connectivity index (χ2n) is 8.07. The third-order valence-electron chi connectivity index (χ3n) is 6.43. The van der Waals surface area contributed by atoms with Gasteiger partial charge in [0.2, 0.25) is 0 Å². The molecule has 1 fully saturated rings. The SMILES string of the molecule is O/N=C(/c1n[nH]c2c1C=CC(c1ccc(F)cc1)(c1ccc(F)cc1)C2)C1CCC1. The Bertz CT molecular complexity index is 1080. The van der Waals surface area contributed by atoms with E-state index in [0.717, 1.165) is 41.6 Å². The van der Waals surface area contributed by atoms with Gasteiger partial charge in [0.05, 0.1) is 0 Å². The number of hydrogen-bond acceptors (Lipinski definition) is 3. The lowest BCUT2D eigenvalue weighted by Crippen LogP contribution is -2.31. The van der Waals surface area contributed by atoms with Crippen molar-refractivity contribution in [2.45, 2.75) is 31.1 Å². The number of oxime groups is 1. The maximum Gasteiger partial charge on any atom is 0.123 e. The summed E-state index contributed by atoms with van der Waals surface area (Å²) in [7, 11) is 0. The molecule has 4 nitrogen and oxygen atoms in total. The molecule has 1 saturated carbocycles. The molecule has 2 aliphatic rings. The molecule has 3 aromatic rings. The van der Waals surface area contributed by atoms with Crippen LogP contribution in [0.4, 0.5) is 8.78 Å². The van der Waals surface area contributed by atoms with E-state index >= 15 is 0 Å². The average Bonchev–Trinajstić information content (AvgIpc) is 3.14. The highest BCUT2D eigenvalue weighted by Crippen LogP contribution is 2.42. The molecule has 0 radical (unpaired) electrons. The van der Waals surface area contributed by atoms with Gasteiger partial charge in [-0.1, -0.05) is 48.0 Å². The Kier molecular flexibility index (Phi) is 4.50. The monoisotopic (exact) mass is 405 g/mol. The van der Waals surface area contributed by atoms with Gasteiger partial charge >= 0.3 is 0 Å². The highest BCUT2D eigenvalue weighted by atomic mass is 19.1. The van der Waals surface area contributed by atoms with Crippen LogP contribution in [0.5, 0.6) is 0 Å². The van der Waals surface area contributed by atoms with E-state index in [0.29, 0.717) is 17.8 Å². The third-order valence-corrected chi connectivity index (χ3v) is 6.43. The number of aromatic nitrogens is 2. The maximum atomic E-state index is 13.6. The van der Waals surface area contributed by atoms with Gasteiger partial charge in [0, 0.05) is 29.0 Å². The molecule has 0 spiro atoms. The highest BCUT2D eigenvalue weighted by Gasteiger charge is 2.38. The van der Waals surface area contributed by atoms with Gasteiger partial charge in [0.25, 0.3) is 0 Å². The van der Waals surface area contributed by atoms with Crippen molar-refractivity contribution in [2.75, 3.05) is 0 Å². The number of rotatable bonds is 4. The van der Waals surface area contributed by atoms with Crippen LogP contribution < -0.4 is 0 Å². The summed E-state index contributed by atoms with van der Waals surface area (Å²) in [5, 5.41) is 20.7. The van der Waals surface area contributed by atoms with E-state index in [1.165, 1.54) is 24.3 Å². The van der Waals surface area contributed by atoms with E-state index in [-0.39, 0.29) is 17.6 Å². The molecule has 2 aromatic carbocycles. The van der Waals surface area contributed by atoms with Gasteiger partial charge in [-0.25, -0.2) is 8.78 Å². The zero-order chi connectivity index (χ0) is 20.7. The maximum absolute atomic E-state index is 13.6. The summed E-state index contributed by atoms with van der Waals surface area (Å²) in [6, 6.07) is 12.8. The number of fused-ring (bicyclic) bond motifs is 1. The fourth-order valence-electron chi connectivity index (χ4n) is 4.52. The number of hydrogen-bond donors (Lipinski definition) is 2. The topological polar surface area (TPSA) is 61.3 Å². The summed E-state index contributed by atoms with van der Waals surface area (Å²) >= 11 is 0. The fraction of sp³-hybridized carbons (Fsp3) is 0.250. The van der Waals surface area contributed by atoms with Crippen molar-refractivity contribution >= 4 is 11.8 Å². The first-order chi connectivity index (χ1) is 14.6. The van der Waals surface area contributed by atoms with E-state index in [1.54, 1.807) is 24.3 Å². The third kappa shape index (κ3) is 2.95. The number of benzene rings is 2. The summed E-state index contributed by atoms with van der Waals surface area (Å²) in [6.45, 7) is 0. The second-order valence-corrected chi connectivity index (χ2v) is 8.07. The smallest absolute Gasteiger partial charge is 0.123 e. The molecule has 2 aliphatic carbocycles. The number of nitrogens with zero attached hydrogens (tertiary/aromatic N) is 2. The van der Waals surface area contributed by atoms with Gasteiger partial charge < -0.3 is 5.21 Å². The summed E-state index contributed by atoms with van der Waals surface area (Å²) in [6.07, 6.45) is 7.72. The predicted molar refractivity (Wildman–Crippen MR) is 111 cm³/mol. The molecule has 0 bridgehead atoms. The van der Waals surface area contributed by atoms with Gasteiger partial charge in [-0.05, 0) is 48.2 Å². The van der Waals surface area contributed by atoms with Gasteiger partial charge in [-0.15, -0.1) is 0 Å². The van der Waals surface area contributed by atoms with Crippen molar-refractivity contribution in [3.05, 3.63) is 94.3 Å². The van der Waals surface area contributed by atoms with E-state index in [1.807, 2.05) is 6.08 Å². The first kappa shape index (κ1) is 18.7. The Morgan fingerprint density at radius 3 is 2.10 bits per heavy atom. The van der Waals surface area contributed by atoms with Crippen molar-refractivity contribution in [1.29, 1.82) is 0 Å². The molecule has 0 saturated heterocycles. The fourth-order valence-corrected chi connectivity index (χ4v) is 4.52. The first-order valence-corrected chi connectivity index (χ1v) is 10.1. The van der Waals surface area contributed by atoms with E-state index in [9.17, 15) is 14.0 Å². The molecule has 5 rings (SSSR count). The molecule has 1 heterocycles. The summed E-state index contributed by atoms with van der Waals surface area (Å²) < 4.78 is 27.2. The minimum absolute atomic E-state index is 0.233.